The van der Waals surface area contributed by atoms with Gasteiger partial charge in [0.05, 0.1) is 7.11 Å². The molecule has 2 N–H and O–H groups in total. The maximum atomic E-state index is 12.4. The summed E-state index contributed by atoms with van der Waals surface area (Å²) >= 11 is 0. The minimum Gasteiger partial charge on any atom is -0.497 e. The van der Waals surface area contributed by atoms with Gasteiger partial charge in [0.15, 0.2) is 0 Å². The van der Waals surface area contributed by atoms with Crippen LogP contribution in [0, 0.1) is 0 Å². The Balaban J connectivity index is 1.45. The number of methoxy groups -OCH3 is 1. The maximum absolute atomic E-state index is 12.4. The number of hydrogen-bond donors (Lipinski definition) is 2. The first-order valence-corrected chi connectivity index (χ1v) is 9.59. The van der Waals surface area contributed by atoms with Gasteiger partial charge in [-0.05, 0) is 61.6 Å². The van der Waals surface area contributed by atoms with E-state index in [1.165, 1.54) is 5.56 Å². The highest BCUT2D eigenvalue weighted by Gasteiger charge is 2.23. The van der Waals surface area contributed by atoms with Gasteiger partial charge < -0.3 is 20.1 Å². The molecule has 2 amide bonds. The highest BCUT2D eigenvalue weighted by molar-refractivity contribution is 5.98. The molecule has 6 heteroatoms. The number of hydrogen-bond acceptors (Lipinski definition) is 4. The third-order valence-electron chi connectivity index (χ3n) is 4.70. The number of amides is 2. The van der Waals surface area contributed by atoms with Crippen LogP contribution in [0.3, 0.4) is 0 Å². The largest absolute Gasteiger partial charge is 0.497 e. The first kappa shape index (κ1) is 19.9. The van der Waals surface area contributed by atoms with Crippen molar-refractivity contribution in [3.8, 4) is 5.75 Å². The molecule has 2 aromatic carbocycles. The molecule has 1 fully saturated rings. The molecular weight excluding hydrogens is 356 g/mol. The summed E-state index contributed by atoms with van der Waals surface area (Å²) in [6, 6.07) is 14.9. The third-order valence-corrected chi connectivity index (χ3v) is 4.70. The molecule has 1 aliphatic rings. The molecule has 3 rings (SSSR count). The molecule has 1 saturated heterocycles. The molecular formula is C22H26N2O4. The zero-order valence-corrected chi connectivity index (χ0v) is 16.1. The fourth-order valence-electron chi connectivity index (χ4n) is 3.13. The molecule has 0 radical (unpaired) electrons. The van der Waals surface area contributed by atoms with Gasteiger partial charge in [0.25, 0.3) is 11.8 Å². The second kappa shape index (κ2) is 9.90. The lowest BCUT2D eigenvalue weighted by atomic mass is 10.1. The standard InChI is InChI=1S/C22H26N2O4/c1-27-19-11-9-16(10-12-19)5-3-13-23-21(25)17-6-2-7-18(15-17)24-22(26)20-8-4-14-28-20/h2,6-7,9-12,15,20H,3-5,8,13-14H2,1H3,(H,23,25)(H,24,26). The Morgan fingerprint density at radius 2 is 2.00 bits per heavy atom. The van der Waals surface area contributed by atoms with Gasteiger partial charge in [-0.15, -0.1) is 0 Å². The van der Waals surface area contributed by atoms with Crippen molar-refractivity contribution in [3.63, 3.8) is 0 Å². The molecule has 1 aliphatic heterocycles. The van der Waals surface area contributed by atoms with E-state index in [0.29, 0.717) is 24.4 Å². The number of carbonyl (C=O) groups is 2. The Morgan fingerprint density at radius 1 is 1.18 bits per heavy atom. The van der Waals surface area contributed by atoms with Gasteiger partial charge in [-0.25, -0.2) is 0 Å². The van der Waals surface area contributed by atoms with Gasteiger partial charge in [-0.1, -0.05) is 18.2 Å². The zero-order valence-electron chi connectivity index (χ0n) is 16.1. The van der Waals surface area contributed by atoms with Gasteiger partial charge in [0.2, 0.25) is 0 Å². The molecule has 2 aromatic rings. The number of aryl methyl sites for hydroxylation is 1. The van der Waals surface area contributed by atoms with E-state index in [0.717, 1.165) is 31.4 Å². The van der Waals surface area contributed by atoms with Crippen LogP contribution >= 0.6 is 0 Å². The fraction of sp³-hybridized carbons (Fsp3) is 0.364. The summed E-state index contributed by atoms with van der Waals surface area (Å²) < 4.78 is 10.5. The van der Waals surface area contributed by atoms with Crippen molar-refractivity contribution < 1.29 is 19.1 Å². The van der Waals surface area contributed by atoms with Crippen LogP contribution in [0.4, 0.5) is 5.69 Å². The van der Waals surface area contributed by atoms with E-state index < -0.39 is 6.10 Å². The number of benzene rings is 2. The molecule has 1 atom stereocenters. The van der Waals surface area contributed by atoms with E-state index in [1.807, 2.05) is 24.3 Å². The molecule has 0 bridgehead atoms. The highest BCUT2D eigenvalue weighted by atomic mass is 16.5. The summed E-state index contributed by atoms with van der Waals surface area (Å²) in [6.45, 7) is 1.20. The van der Waals surface area contributed by atoms with Crippen LogP contribution < -0.4 is 15.4 Å². The monoisotopic (exact) mass is 382 g/mol. The van der Waals surface area contributed by atoms with Crippen LogP contribution in [0.2, 0.25) is 0 Å². The fourth-order valence-corrected chi connectivity index (χ4v) is 3.13. The lowest BCUT2D eigenvalue weighted by Crippen LogP contribution is -2.27. The van der Waals surface area contributed by atoms with Gasteiger partial charge >= 0.3 is 0 Å². The van der Waals surface area contributed by atoms with Crippen molar-refractivity contribution in [1.82, 2.24) is 5.32 Å². The Bertz CT molecular complexity index is 798. The average Bonchev–Trinajstić information content (AvgIpc) is 3.27. The SMILES string of the molecule is COc1ccc(CCCNC(=O)c2cccc(NC(=O)C3CCCO3)c2)cc1. The van der Waals surface area contributed by atoms with E-state index >= 15 is 0 Å². The maximum Gasteiger partial charge on any atom is 0.253 e. The summed E-state index contributed by atoms with van der Waals surface area (Å²) in [7, 11) is 1.65. The zero-order chi connectivity index (χ0) is 19.8. The molecule has 1 unspecified atom stereocenters. The van der Waals surface area contributed by atoms with E-state index in [4.69, 9.17) is 9.47 Å². The van der Waals surface area contributed by atoms with Crippen LogP contribution in [0.15, 0.2) is 48.5 Å². The van der Waals surface area contributed by atoms with Crippen molar-refractivity contribution in [1.29, 1.82) is 0 Å². The minimum atomic E-state index is -0.393. The average molecular weight is 382 g/mol. The normalized spacial score (nSPS) is 15.8. The number of nitrogens with one attached hydrogen (secondary N) is 2. The third kappa shape index (κ3) is 5.57. The molecule has 0 spiro atoms. The van der Waals surface area contributed by atoms with Crippen LogP contribution in [0.25, 0.3) is 0 Å². The van der Waals surface area contributed by atoms with E-state index in [2.05, 4.69) is 10.6 Å². The molecule has 0 aromatic heterocycles. The van der Waals surface area contributed by atoms with Crippen molar-refractivity contribution in [2.45, 2.75) is 31.8 Å². The lowest BCUT2D eigenvalue weighted by molar-refractivity contribution is -0.124. The molecule has 28 heavy (non-hydrogen) atoms. The van der Waals surface area contributed by atoms with E-state index in [-0.39, 0.29) is 11.8 Å². The summed E-state index contributed by atoms with van der Waals surface area (Å²) in [5, 5.41) is 5.75. The summed E-state index contributed by atoms with van der Waals surface area (Å²) in [5.74, 6) is 0.529. The van der Waals surface area contributed by atoms with Gasteiger partial charge in [-0.2, -0.15) is 0 Å². The molecule has 0 saturated carbocycles. The molecule has 6 nitrogen and oxygen atoms in total. The summed E-state index contributed by atoms with van der Waals surface area (Å²) in [5.41, 5.74) is 2.33. The highest BCUT2D eigenvalue weighted by Crippen LogP contribution is 2.16. The van der Waals surface area contributed by atoms with Crippen molar-refractivity contribution in [2.75, 3.05) is 25.6 Å². The Kier molecular flexibility index (Phi) is 7.03. The number of ether oxygens (including phenoxy) is 2. The van der Waals surface area contributed by atoms with Crippen LogP contribution in [-0.2, 0) is 16.0 Å². The number of rotatable bonds is 8. The van der Waals surface area contributed by atoms with Crippen molar-refractivity contribution >= 4 is 17.5 Å². The second-order valence-electron chi connectivity index (χ2n) is 6.78. The van der Waals surface area contributed by atoms with E-state index in [1.54, 1.807) is 31.4 Å². The summed E-state index contributed by atoms with van der Waals surface area (Å²) in [4.78, 5) is 24.5. The number of anilines is 1. The Morgan fingerprint density at radius 3 is 2.71 bits per heavy atom. The van der Waals surface area contributed by atoms with Crippen LogP contribution in [0.1, 0.15) is 35.2 Å². The second-order valence-corrected chi connectivity index (χ2v) is 6.78. The van der Waals surface area contributed by atoms with Gasteiger partial charge in [0, 0.05) is 24.4 Å². The van der Waals surface area contributed by atoms with Gasteiger partial charge in [-0.3, -0.25) is 9.59 Å². The first-order chi connectivity index (χ1) is 13.7. The van der Waals surface area contributed by atoms with Crippen molar-refractivity contribution in [3.05, 3.63) is 59.7 Å². The van der Waals surface area contributed by atoms with Gasteiger partial charge in [0.1, 0.15) is 11.9 Å². The predicted molar refractivity (Wildman–Crippen MR) is 108 cm³/mol. The minimum absolute atomic E-state index is 0.150. The first-order valence-electron chi connectivity index (χ1n) is 9.59. The summed E-state index contributed by atoms with van der Waals surface area (Å²) in [6.07, 6.45) is 2.96. The predicted octanol–water partition coefficient (Wildman–Crippen LogP) is 3.18. The molecule has 148 valence electrons. The topological polar surface area (TPSA) is 76.7 Å². The quantitative estimate of drug-likeness (QED) is 0.688. The van der Waals surface area contributed by atoms with Crippen LogP contribution in [0.5, 0.6) is 5.75 Å². The molecule has 1 heterocycles. The Labute approximate surface area is 165 Å². The van der Waals surface area contributed by atoms with Crippen molar-refractivity contribution in [2.24, 2.45) is 0 Å². The number of carbonyl (C=O) groups excluding carboxylic acids is 2. The smallest absolute Gasteiger partial charge is 0.253 e. The Hall–Kier alpha value is -2.86. The van der Waals surface area contributed by atoms with Crippen LogP contribution in [-0.4, -0.2) is 38.2 Å². The van der Waals surface area contributed by atoms with E-state index in [9.17, 15) is 9.59 Å². The molecule has 0 aliphatic carbocycles. The lowest BCUT2D eigenvalue weighted by Gasteiger charge is -2.11.